The van der Waals surface area contributed by atoms with Gasteiger partial charge in [0, 0.05) is 13.1 Å². The molecule has 2 aromatic carbocycles. The molecule has 7 nitrogen and oxygen atoms in total. The molecule has 0 spiro atoms. The molecule has 0 radical (unpaired) electrons. The lowest BCUT2D eigenvalue weighted by molar-refractivity contribution is -0.138. The van der Waals surface area contributed by atoms with Crippen LogP contribution in [0.25, 0.3) is 0 Å². The standard InChI is InChI=1S/C25H35N3O4S/c1-6-26-25(30)20(4)27(17-16-21-12-8-7-9-13-21)24(29)18-28(33(5,31)32)23-15-11-10-14-22(23)19(2)3/h7-15,19-20H,6,16-18H2,1-5H3,(H,26,30). The van der Waals surface area contributed by atoms with Gasteiger partial charge in [-0.15, -0.1) is 0 Å². The number of carbonyl (C=O) groups is 2. The second-order valence-electron chi connectivity index (χ2n) is 8.38. The van der Waals surface area contributed by atoms with Crippen LogP contribution >= 0.6 is 0 Å². The van der Waals surface area contributed by atoms with Crippen LogP contribution in [-0.4, -0.2) is 57.1 Å². The Balaban J connectivity index is 2.37. The molecule has 0 aliphatic heterocycles. The molecule has 0 fully saturated rings. The number of nitrogens with zero attached hydrogens (tertiary/aromatic N) is 2. The van der Waals surface area contributed by atoms with Crippen molar-refractivity contribution >= 4 is 27.5 Å². The van der Waals surface area contributed by atoms with Crippen molar-refractivity contribution in [3.63, 3.8) is 0 Å². The van der Waals surface area contributed by atoms with E-state index in [9.17, 15) is 18.0 Å². The molecule has 0 aromatic heterocycles. The summed E-state index contributed by atoms with van der Waals surface area (Å²) in [4.78, 5) is 27.5. The van der Waals surface area contributed by atoms with Crippen molar-refractivity contribution in [2.24, 2.45) is 0 Å². The maximum absolute atomic E-state index is 13.5. The topological polar surface area (TPSA) is 86.8 Å². The monoisotopic (exact) mass is 473 g/mol. The van der Waals surface area contributed by atoms with E-state index >= 15 is 0 Å². The number of benzene rings is 2. The van der Waals surface area contributed by atoms with E-state index in [-0.39, 0.29) is 18.4 Å². The highest BCUT2D eigenvalue weighted by molar-refractivity contribution is 7.92. The third-order valence-corrected chi connectivity index (χ3v) is 6.64. The second-order valence-corrected chi connectivity index (χ2v) is 10.3. The van der Waals surface area contributed by atoms with Gasteiger partial charge in [0.05, 0.1) is 11.9 Å². The fourth-order valence-electron chi connectivity index (χ4n) is 3.69. The van der Waals surface area contributed by atoms with Crippen molar-refractivity contribution in [3.8, 4) is 0 Å². The molecule has 1 unspecified atom stereocenters. The molecule has 0 bridgehead atoms. The third-order valence-electron chi connectivity index (χ3n) is 5.51. The van der Waals surface area contributed by atoms with Crippen molar-refractivity contribution in [3.05, 3.63) is 65.7 Å². The molecule has 0 saturated heterocycles. The molecule has 8 heteroatoms. The van der Waals surface area contributed by atoms with Gasteiger partial charge in [-0.2, -0.15) is 0 Å². The molecule has 1 N–H and O–H groups in total. The molecule has 2 rings (SSSR count). The summed E-state index contributed by atoms with van der Waals surface area (Å²) in [5.41, 5.74) is 2.35. The third kappa shape index (κ3) is 7.32. The average Bonchev–Trinajstić information content (AvgIpc) is 2.77. The van der Waals surface area contributed by atoms with E-state index in [0.29, 0.717) is 25.2 Å². The van der Waals surface area contributed by atoms with E-state index in [1.807, 2.05) is 63.2 Å². The minimum atomic E-state index is -3.74. The number of carbonyl (C=O) groups excluding carboxylic acids is 2. The van der Waals surface area contributed by atoms with E-state index in [2.05, 4.69) is 5.32 Å². The van der Waals surface area contributed by atoms with Gasteiger partial charge in [-0.25, -0.2) is 8.42 Å². The van der Waals surface area contributed by atoms with Crippen LogP contribution in [0.2, 0.25) is 0 Å². The number of rotatable bonds is 11. The number of nitrogens with one attached hydrogen (secondary N) is 1. The van der Waals surface area contributed by atoms with Gasteiger partial charge in [0.25, 0.3) is 0 Å². The van der Waals surface area contributed by atoms with Crippen molar-refractivity contribution in [2.75, 3.05) is 30.2 Å². The van der Waals surface area contributed by atoms with Crippen LogP contribution in [0.5, 0.6) is 0 Å². The molecule has 0 saturated carbocycles. The summed E-state index contributed by atoms with van der Waals surface area (Å²) >= 11 is 0. The van der Waals surface area contributed by atoms with Crippen LogP contribution in [-0.2, 0) is 26.0 Å². The van der Waals surface area contributed by atoms with Gasteiger partial charge in [-0.05, 0) is 43.4 Å². The SMILES string of the molecule is CCNC(=O)C(C)N(CCc1ccccc1)C(=O)CN(c1ccccc1C(C)C)S(C)(=O)=O. The molecule has 180 valence electrons. The number of anilines is 1. The van der Waals surface area contributed by atoms with Crippen LogP contribution < -0.4 is 9.62 Å². The Morgan fingerprint density at radius 1 is 0.970 bits per heavy atom. The number of hydrogen-bond acceptors (Lipinski definition) is 4. The predicted molar refractivity (Wildman–Crippen MR) is 133 cm³/mol. The average molecular weight is 474 g/mol. The van der Waals surface area contributed by atoms with Gasteiger partial charge in [-0.3, -0.25) is 13.9 Å². The number of sulfonamides is 1. The zero-order chi connectivity index (χ0) is 24.6. The van der Waals surface area contributed by atoms with E-state index in [1.54, 1.807) is 19.1 Å². The van der Waals surface area contributed by atoms with Crippen LogP contribution in [0.3, 0.4) is 0 Å². The van der Waals surface area contributed by atoms with Crippen molar-refractivity contribution in [1.82, 2.24) is 10.2 Å². The van der Waals surface area contributed by atoms with E-state index < -0.39 is 22.0 Å². The Kier molecular flexibility index (Phi) is 9.46. The van der Waals surface area contributed by atoms with E-state index in [1.165, 1.54) is 4.90 Å². The first-order chi connectivity index (χ1) is 15.6. The lowest BCUT2D eigenvalue weighted by atomic mass is 10.0. The van der Waals surface area contributed by atoms with E-state index in [0.717, 1.165) is 21.7 Å². The summed E-state index contributed by atoms with van der Waals surface area (Å²) in [6.07, 6.45) is 1.65. The molecule has 2 amide bonds. The highest BCUT2D eigenvalue weighted by Gasteiger charge is 2.30. The molecular formula is C25H35N3O4S. The summed E-state index contributed by atoms with van der Waals surface area (Å²) in [6, 6.07) is 16.1. The first kappa shape index (κ1) is 26.4. The lowest BCUT2D eigenvalue weighted by Crippen LogP contribution is -2.52. The molecule has 1 atom stereocenters. The molecule has 2 aromatic rings. The Hall–Kier alpha value is -2.87. The maximum atomic E-state index is 13.5. The smallest absolute Gasteiger partial charge is 0.244 e. The van der Waals surface area contributed by atoms with Crippen molar-refractivity contribution in [1.29, 1.82) is 0 Å². The summed E-state index contributed by atoms with van der Waals surface area (Å²) in [5.74, 6) is -0.620. The Morgan fingerprint density at radius 2 is 1.58 bits per heavy atom. The summed E-state index contributed by atoms with van der Waals surface area (Å²) < 4.78 is 26.6. The Morgan fingerprint density at radius 3 is 2.15 bits per heavy atom. The largest absolute Gasteiger partial charge is 0.355 e. The molecule has 0 heterocycles. The minimum Gasteiger partial charge on any atom is -0.355 e. The van der Waals surface area contributed by atoms with Crippen LogP contribution in [0.4, 0.5) is 5.69 Å². The van der Waals surface area contributed by atoms with Crippen molar-refractivity contribution in [2.45, 2.75) is 46.1 Å². The zero-order valence-corrected chi connectivity index (χ0v) is 20.9. The summed E-state index contributed by atoms with van der Waals surface area (Å²) in [7, 11) is -3.74. The number of amides is 2. The second kappa shape index (κ2) is 11.8. The highest BCUT2D eigenvalue weighted by Crippen LogP contribution is 2.29. The first-order valence-corrected chi connectivity index (χ1v) is 13.1. The number of hydrogen-bond donors (Lipinski definition) is 1. The molecular weight excluding hydrogens is 438 g/mol. The van der Waals surface area contributed by atoms with Crippen LogP contribution in [0.15, 0.2) is 54.6 Å². The predicted octanol–water partition coefficient (Wildman–Crippen LogP) is 3.17. The highest BCUT2D eigenvalue weighted by atomic mass is 32.2. The fourth-order valence-corrected chi connectivity index (χ4v) is 4.56. The van der Waals surface area contributed by atoms with Gasteiger partial charge in [0.15, 0.2) is 0 Å². The minimum absolute atomic E-state index is 0.0731. The van der Waals surface area contributed by atoms with E-state index in [4.69, 9.17) is 0 Å². The molecule has 33 heavy (non-hydrogen) atoms. The van der Waals surface area contributed by atoms with Gasteiger partial charge in [-0.1, -0.05) is 62.4 Å². The fraction of sp³-hybridized carbons (Fsp3) is 0.440. The van der Waals surface area contributed by atoms with Gasteiger partial charge in [0.2, 0.25) is 21.8 Å². The van der Waals surface area contributed by atoms with Gasteiger partial charge < -0.3 is 10.2 Å². The quantitative estimate of drug-likeness (QED) is 0.543. The van der Waals surface area contributed by atoms with Crippen LogP contribution in [0.1, 0.15) is 44.7 Å². The normalized spacial score (nSPS) is 12.3. The molecule has 0 aliphatic carbocycles. The molecule has 0 aliphatic rings. The van der Waals surface area contributed by atoms with Gasteiger partial charge >= 0.3 is 0 Å². The van der Waals surface area contributed by atoms with Crippen molar-refractivity contribution < 1.29 is 18.0 Å². The Labute approximate surface area is 197 Å². The Bertz CT molecular complexity index is 1040. The summed E-state index contributed by atoms with van der Waals surface area (Å²) in [6.45, 7) is 7.80. The summed E-state index contributed by atoms with van der Waals surface area (Å²) in [5, 5.41) is 2.75. The van der Waals surface area contributed by atoms with Crippen LogP contribution in [0, 0.1) is 0 Å². The maximum Gasteiger partial charge on any atom is 0.244 e. The lowest BCUT2D eigenvalue weighted by Gasteiger charge is -2.32. The van der Waals surface area contributed by atoms with Gasteiger partial charge in [0.1, 0.15) is 12.6 Å². The number of likely N-dealkylation sites (N-methyl/N-ethyl adjacent to an activating group) is 1. The first-order valence-electron chi connectivity index (χ1n) is 11.2. The zero-order valence-electron chi connectivity index (χ0n) is 20.1. The number of para-hydroxylation sites is 1.